The van der Waals surface area contributed by atoms with E-state index in [1.54, 1.807) is 0 Å². The number of nitrogens with zero attached hydrogens (tertiary/aromatic N) is 2. The maximum absolute atomic E-state index is 11.5. The zero-order valence-corrected chi connectivity index (χ0v) is 17.2. The molecule has 1 fully saturated rings. The van der Waals surface area contributed by atoms with Crippen LogP contribution in [-0.2, 0) is 18.3 Å². The Balaban J connectivity index is 2.31. The molecule has 10 N–H and O–H groups in total. The molecule has 0 saturated carbocycles. The van der Waals surface area contributed by atoms with Crippen LogP contribution in [0.1, 0.15) is 0 Å². The summed E-state index contributed by atoms with van der Waals surface area (Å²) in [4.78, 5) is 74.3. The molecular weight excluding hydrogens is 472 g/mol. The van der Waals surface area contributed by atoms with E-state index in [1.165, 1.54) is 0 Å². The van der Waals surface area contributed by atoms with E-state index in [-0.39, 0.29) is 6.54 Å². The monoisotopic (exact) mass is 491 g/mol. The number of hydrogen-bond donors (Lipinski definition) is 10. The lowest BCUT2D eigenvalue weighted by Crippen LogP contribution is -2.45. The van der Waals surface area contributed by atoms with E-state index in [1.807, 2.05) is 0 Å². The van der Waals surface area contributed by atoms with Crippen molar-refractivity contribution >= 4 is 30.4 Å². The summed E-state index contributed by atoms with van der Waals surface area (Å²) in [5, 5.41) is 12.4. The number of hydrogen-bond acceptors (Lipinski definition) is 7. The Morgan fingerprint density at radius 2 is 1.21 bits per heavy atom. The first-order chi connectivity index (χ1) is 12.1. The van der Waals surface area contributed by atoms with Gasteiger partial charge in [0.2, 0.25) is 6.17 Å². The van der Waals surface area contributed by atoms with Crippen LogP contribution in [0.2, 0.25) is 0 Å². The van der Waals surface area contributed by atoms with Gasteiger partial charge in [-0.2, -0.15) is 0 Å². The van der Waals surface area contributed by atoms with Gasteiger partial charge in [-0.3, -0.25) is 22.7 Å². The smallest absolute Gasteiger partial charge is 0.366 e. The highest BCUT2D eigenvalue weighted by atomic mass is 31.2. The van der Waals surface area contributed by atoms with Crippen LogP contribution in [0, 0.1) is 0 Å². The van der Waals surface area contributed by atoms with E-state index in [4.69, 9.17) is 19.6 Å². The van der Waals surface area contributed by atoms with Crippen molar-refractivity contribution in [1.29, 1.82) is 0 Å². The highest BCUT2D eigenvalue weighted by Gasteiger charge is 2.73. The van der Waals surface area contributed by atoms with Crippen LogP contribution in [0.3, 0.4) is 0 Å². The van der Waals surface area contributed by atoms with Gasteiger partial charge in [0.05, 0.1) is 12.7 Å². The fraction of sp³-hybridized carbons (Fsp3) is 0.750. The molecule has 28 heavy (non-hydrogen) atoms. The van der Waals surface area contributed by atoms with Crippen LogP contribution in [-0.4, -0.2) is 94.7 Å². The van der Waals surface area contributed by atoms with Crippen molar-refractivity contribution in [2.24, 2.45) is 0 Å². The van der Waals surface area contributed by atoms with Crippen LogP contribution in [0.5, 0.6) is 0 Å². The second-order valence-corrected chi connectivity index (χ2v) is 14.6. The predicted molar refractivity (Wildman–Crippen MR) is 87.7 cm³/mol. The number of rotatable bonds is 8. The first kappa shape index (κ1) is 24.3. The zero-order valence-electron chi connectivity index (χ0n) is 13.6. The molecule has 0 aromatic heterocycles. The summed E-state index contributed by atoms with van der Waals surface area (Å²) >= 11 is 0. The molecule has 0 bridgehead atoms. The molecule has 0 aromatic carbocycles. The Labute approximate surface area is 156 Å². The number of aliphatic hydroxyl groups is 2. The van der Waals surface area contributed by atoms with Gasteiger partial charge in [0.25, 0.3) is 5.08 Å². The first-order valence-electron chi connectivity index (χ1n) is 7.10. The van der Waals surface area contributed by atoms with Crippen molar-refractivity contribution in [3.8, 4) is 0 Å². The summed E-state index contributed by atoms with van der Waals surface area (Å²) in [7, 11) is -23.1. The summed E-state index contributed by atoms with van der Waals surface area (Å²) in [6.07, 6.45) is 0.972. The molecule has 16 nitrogen and oxygen atoms in total. The lowest BCUT2D eigenvalue weighted by molar-refractivity contribution is -0.763. The largest absolute Gasteiger partial charge is 0.375 e. The summed E-state index contributed by atoms with van der Waals surface area (Å²) in [5.41, 5.74) is 0. The number of β-amino-alcohol motifs (C(OH)–C–C–N with tert-alkyl or cyclic N) is 1. The normalized spacial score (nSPS) is 26.5. The predicted octanol–water partition coefficient (Wildman–Crippen LogP) is -3.07. The van der Waals surface area contributed by atoms with Gasteiger partial charge in [-0.15, -0.1) is 0 Å². The summed E-state index contributed by atoms with van der Waals surface area (Å²) in [6, 6.07) is 0. The molecule has 20 heteroatoms. The standard InChI is InChI=1S/C8H18N2O14P4/c11-7(25(13,14)15,26(16,17)18)4-9-1-2-10(3-6(9)10)5-8(12,27(19,20)21)28(22,23)24/h1-2,6,11-12H,3-5H2,(H7-,13,14,15,16,17,18,19,20,21,22,23,24)/p+1/t6?,10-/m1/s1. The van der Waals surface area contributed by atoms with Gasteiger partial charge in [-0.05, 0) is 0 Å². The molecule has 2 aliphatic heterocycles. The Bertz CT molecular complexity index is 836. The third kappa shape index (κ3) is 3.74. The average molecular weight is 491 g/mol. The SMILES string of the molecule is O=P(O)(O)C(O)(CN1C=C[N@+]2(CC(O)(P(=O)(O)O)P(=O)(O)O)CC12)P(=O)(O)O. The maximum Gasteiger partial charge on any atom is 0.375 e. The van der Waals surface area contributed by atoms with Gasteiger partial charge in [0.15, 0.2) is 6.54 Å². The van der Waals surface area contributed by atoms with Gasteiger partial charge in [0.1, 0.15) is 12.7 Å². The van der Waals surface area contributed by atoms with Gasteiger partial charge in [0, 0.05) is 0 Å². The summed E-state index contributed by atoms with van der Waals surface area (Å²) in [5.74, 6) is 0. The van der Waals surface area contributed by atoms with Crippen molar-refractivity contribution < 1.29 is 72.1 Å². The van der Waals surface area contributed by atoms with Crippen LogP contribution in [0.25, 0.3) is 0 Å². The Morgan fingerprint density at radius 1 is 0.821 bits per heavy atom. The molecule has 0 radical (unpaired) electrons. The molecule has 0 aliphatic carbocycles. The molecule has 0 aromatic rings. The minimum Gasteiger partial charge on any atom is -0.366 e. The lowest BCUT2D eigenvalue weighted by atomic mass is 10.5. The topological polar surface area (TPSA) is 274 Å². The van der Waals surface area contributed by atoms with Gasteiger partial charge in [-0.25, -0.2) is 0 Å². The second kappa shape index (κ2) is 6.51. The van der Waals surface area contributed by atoms with Crippen molar-refractivity contribution in [2.75, 3.05) is 19.6 Å². The van der Waals surface area contributed by atoms with E-state index >= 15 is 0 Å². The number of quaternary nitrogens is 1. The summed E-state index contributed by atoms with van der Waals surface area (Å²) < 4.78 is 45.1. The van der Waals surface area contributed by atoms with E-state index in [0.29, 0.717) is 0 Å². The van der Waals surface area contributed by atoms with Crippen LogP contribution in [0.15, 0.2) is 12.4 Å². The molecular formula is C8H19N2O14P4+. The first-order valence-corrected chi connectivity index (χ1v) is 13.6. The minimum atomic E-state index is -5.77. The van der Waals surface area contributed by atoms with Gasteiger partial charge < -0.3 is 54.3 Å². The Hall–Kier alpha value is 0.0200. The van der Waals surface area contributed by atoms with Crippen LogP contribution < -0.4 is 0 Å². The zero-order chi connectivity index (χ0) is 22.2. The fourth-order valence-electron chi connectivity index (χ4n) is 2.86. The van der Waals surface area contributed by atoms with Crippen molar-refractivity contribution in [1.82, 2.24) is 4.90 Å². The lowest BCUT2D eigenvalue weighted by Gasteiger charge is -2.32. The van der Waals surface area contributed by atoms with E-state index < -0.39 is 64.3 Å². The Morgan fingerprint density at radius 3 is 1.54 bits per heavy atom. The van der Waals surface area contributed by atoms with Crippen molar-refractivity contribution in [2.45, 2.75) is 16.3 Å². The second-order valence-electron chi connectivity index (χ2n) is 6.62. The molecule has 2 rings (SSSR count). The van der Waals surface area contributed by atoms with Gasteiger partial charge >= 0.3 is 35.5 Å². The van der Waals surface area contributed by atoms with E-state index in [2.05, 4.69) is 0 Å². The maximum atomic E-state index is 11.5. The third-order valence-electron chi connectivity index (χ3n) is 4.67. The van der Waals surface area contributed by atoms with Crippen molar-refractivity contribution in [3.63, 3.8) is 0 Å². The quantitative estimate of drug-likeness (QED) is 0.0916. The Kier molecular flexibility index (Phi) is 5.65. The molecule has 2 atom stereocenters. The molecule has 2 heterocycles. The molecule has 164 valence electrons. The highest BCUT2D eigenvalue weighted by Crippen LogP contribution is 2.70. The van der Waals surface area contributed by atoms with Crippen molar-refractivity contribution in [3.05, 3.63) is 12.4 Å². The molecule has 0 spiro atoms. The fourth-order valence-corrected chi connectivity index (χ4v) is 7.17. The third-order valence-corrected chi connectivity index (χ3v) is 12.1. The number of fused-ring (bicyclic) bond motifs is 1. The van der Waals surface area contributed by atoms with E-state index in [0.717, 1.165) is 17.3 Å². The highest BCUT2D eigenvalue weighted by molar-refractivity contribution is 7.72. The van der Waals surface area contributed by atoms with Gasteiger partial charge in [-0.1, -0.05) is 0 Å². The molecule has 1 saturated heterocycles. The molecule has 2 aliphatic rings. The average Bonchev–Trinajstić information content (AvgIpc) is 3.03. The van der Waals surface area contributed by atoms with Crippen LogP contribution in [0.4, 0.5) is 0 Å². The molecule has 0 amide bonds. The summed E-state index contributed by atoms with van der Waals surface area (Å²) in [6.45, 7) is -2.69. The van der Waals surface area contributed by atoms with E-state index in [9.17, 15) is 48.0 Å². The van der Waals surface area contributed by atoms with Crippen LogP contribution >= 0.6 is 30.4 Å². The molecule has 1 unspecified atom stereocenters. The minimum absolute atomic E-state index is 0.183.